The van der Waals surface area contributed by atoms with Crippen LogP contribution in [0.15, 0.2) is 0 Å². The summed E-state index contributed by atoms with van der Waals surface area (Å²) in [6.07, 6.45) is 4.15. The molecule has 2 fully saturated rings. The molecule has 1 atom stereocenters. The lowest BCUT2D eigenvalue weighted by atomic mass is 9.93. The maximum atomic E-state index is 13.8. The topological polar surface area (TPSA) is 32.8 Å². The fourth-order valence-corrected chi connectivity index (χ4v) is 3.20. The second kappa shape index (κ2) is 6.74. The predicted molar refractivity (Wildman–Crippen MR) is 76.6 cm³/mol. The van der Waals surface area contributed by atoms with Gasteiger partial charge in [0.15, 0.2) is 0 Å². The largest absolute Gasteiger partial charge is 0.450 e. The molecule has 2 aliphatic rings. The zero-order chi connectivity index (χ0) is 14.6. The first kappa shape index (κ1) is 15.5. The summed E-state index contributed by atoms with van der Waals surface area (Å²) in [7, 11) is 0. The van der Waals surface area contributed by atoms with E-state index < -0.39 is 5.67 Å². The lowest BCUT2D eigenvalue weighted by Crippen LogP contribution is -2.45. The number of amides is 1. The highest BCUT2D eigenvalue weighted by Crippen LogP contribution is 2.29. The van der Waals surface area contributed by atoms with Crippen LogP contribution < -0.4 is 0 Å². The van der Waals surface area contributed by atoms with Gasteiger partial charge in [-0.3, -0.25) is 0 Å². The van der Waals surface area contributed by atoms with Crippen molar-refractivity contribution in [2.24, 2.45) is 0 Å². The van der Waals surface area contributed by atoms with Crippen molar-refractivity contribution < 1.29 is 13.9 Å². The fourth-order valence-electron chi connectivity index (χ4n) is 3.20. The minimum atomic E-state index is -0.988. The Morgan fingerprint density at radius 2 is 1.95 bits per heavy atom. The monoisotopic (exact) mass is 286 g/mol. The van der Waals surface area contributed by atoms with Gasteiger partial charge in [0.05, 0.1) is 6.61 Å². The molecule has 0 aromatic carbocycles. The Morgan fingerprint density at radius 1 is 1.25 bits per heavy atom. The third-order valence-corrected chi connectivity index (χ3v) is 4.58. The minimum absolute atomic E-state index is 0.192. The number of alkyl halides is 1. The summed E-state index contributed by atoms with van der Waals surface area (Å²) in [5.74, 6) is 0. The van der Waals surface area contributed by atoms with Crippen molar-refractivity contribution in [1.82, 2.24) is 9.80 Å². The van der Waals surface area contributed by atoms with Crippen LogP contribution in [0.5, 0.6) is 0 Å². The van der Waals surface area contributed by atoms with Crippen LogP contribution in [0, 0.1) is 0 Å². The lowest BCUT2D eigenvalue weighted by Gasteiger charge is -2.38. The van der Waals surface area contributed by atoms with Gasteiger partial charge in [0, 0.05) is 32.2 Å². The molecular formula is C15H27FN2O2. The number of halogens is 1. The number of carbonyl (C=O) groups excluding carboxylic acids is 1. The van der Waals surface area contributed by atoms with E-state index in [2.05, 4.69) is 4.90 Å². The van der Waals surface area contributed by atoms with Crippen molar-refractivity contribution in [2.45, 2.75) is 57.7 Å². The summed E-state index contributed by atoms with van der Waals surface area (Å²) in [5.41, 5.74) is -0.988. The Balaban J connectivity index is 1.82. The lowest BCUT2D eigenvalue weighted by molar-refractivity contribution is 0.0470. The molecular weight excluding hydrogens is 259 g/mol. The van der Waals surface area contributed by atoms with Crippen LogP contribution in [0.2, 0.25) is 0 Å². The molecule has 4 nitrogen and oxygen atoms in total. The Labute approximate surface area is 121 Å². The van der Waals surface area contributed by atoms with Crippen molar-refractivity contribution in [3.05, 3.63) is 0 Å². The fraction of sp³-hybridized carbons (Fsp3) is 0.933. The number of nitrogens with zero attached hydrogens (tertiary/aromatic N) is 2. The quantitative estimate of drug-likeness (QED) is 0.782. The molecule has 0 spiro atoms. The molecule has 0 N–H and O–H groups in total. The molecule has 0 aromatic rings. The van der Waals surface area contributed by atoms with Crippen molar-refractivity contribution in [1.29, 1.82) is 0 Å². The molecule has 0 aromatic heterocycles. The first-order valence-corrected chi connectivity index (χ1v) is 7.86. The molecule has 0 saturated carbocycles. The van der Waals surface area contributed by atoms with Gasteiger partial charge in [-0.25, -0.2) is 9.18 Å². The Morgan fingerprint density at radius 3 is 2.60 bits per heavy atom. The highest BCUT2D eigenvalue weighted by atomic mass is 19.1. The molecule has 2 aliphatic heterocycles. The molecule has 1 unspecified atom stereocenters. The second-order valence-electron chi connectivity index (χ2n) is 6.22. The smallest absolute Gasteiger partial charge is 0.409 e. The van der Waals surface area contributed by atoms with E-state index in [4.69, 9.17) is 4.74 Å². The molecule has 2 saturated heterocycles. The molecule has 0 bridgehead atoms. The van der Waals surface area contributed by atoms with Gasteiger partial charge < -0.3 is 14.5 Å². The summed E-state index contributed by atoms with van der Waals surface area (Å²) in [6.45, 7) is 7.20. The molecule has 0 radical (unpaired) electrons. The number of hydrogen-bond donors (Lipinski definition) is 0. The number of piperidine rings is 1. The maximum absolute atomic E-state index is 13.8. The zero-order valence-corrected chi connectivity index (χ0v) is 12.7. The van der Waals surface area contributed by atoms with Crippen LogP contribution in [-0.4, -0.2) is 60.4 Å². The van der Waals surface area contributed by atoms with Gasteiger partial charge in [-0.1, -0.05) is 0 Å². The maximum Gasteiger partial charge on any atom is 0.409 e. The summed E-state index contributed by atoms with van der Waals surface area (Å²) >= 11 is 0. The van der Waals surface area contributed by atoms with Crippen LogP contribution in [-0.2, 0) is 4.74 Å². The Bertz CT molecular complexity index is 326. The molecule has 0 aliphatic carbocycles. The number of likely N-dealkylation sites (tertiary alicyclic amines) is 2. The van der Waals surface area contributed by atoms with E-state index in [1.165, 1.54) is 0 Å². The standard InChI is InChI=1S/C15H27FN2O2/c1-3-20-14(19)18-9-4-5-13(6-10-18)17-11-7-15(2,16)8-12-17/h13H,3-12H2,1-2H3. The third-order valence-electron chi connectivity index (χ3n) is 4.58. The normalized spacial score (nSPS) is 27.9. The Kier molecular flexibility index (Phi) is 5.24. The van der Waals surface area contributed by atoms with Crippen LogP contribution in [0.25, 0.3) is 0 Å². The summed E-state index contributed by atoms with van der Waals surface area (Å²) < 4.78 is 18.9. The van der Waals surface area contributed by atoms with Gasteiger partial charge in [-0.05, 0) is 46.0 Å². The van der Waals surface area contributed by atoms with Crippen LogP contribution in [0.4, 0.5) is 9.18 Å². The molecule has 2 rings (SSSR count). The van der Waals surface area contributed by atoms with E-state index in [-0.39, 0.29) is 6.09 Å². The second-order valence-corrected chi connectivity index (χ2v) is 6.22. The van der Waals surface area contributed by atoms with E-state index in [9.17, 15) is 9.18 Å². The number of ether oxygens (including phenoxy) is 1. The van der Waals surface area contributed by atoms with Gasteiger partial charge >= 0.3 is 6.09 Å². The van der Waals surface area contributed by atoms with Gasteiger partial charge in [-0.15, -0.1) is 0 Å². The van der Waals surface area contributed by atoms with E-state index in [1.54, 1.807) is 6.92 Å². The predicted octanol–water partition coefficient (Wildman–Crippen LogP) is 2.82. The molecule has 2 heterocycles. The SMILES string of the molecule is CCOC(=O)N1CCCC(N2CCC(C)(F)CC2)CC1. The zero-order valence-electron chi connectivity index (χ0n) is 12.7. The molecule has 5 heteroatoms. The van der Waals surface area contributed by atoms with Crippen LogP contribution >= 0.6 is 0 Å². The average molecular weight is 286 g/mol. The highest BCUT2D eigenvalue weighted by molar-refractivity contribution is 5.67. The summed E-state index contributed by atoms with van der Waals surface area (Å²) in [4.78, 5) is 16.0. The third kappa shape index (κ3) is 4.08. The minimum Gasteiger partial charge on any atom is -0.450 e. The van der Waals surface area contributed by atoms with Gasteiger partial charge in [0.25, 0.3) is 0 Å². The van der Waals surface area contributed by atoms with Crippen LogP contribution in [0.3, 0.4) is 0 Å². The summed E-state index contributed by atoms with van der Waals surface area (Å²) in [6, 6.07) is 0.491. The highest BCUT2D eigenvalue weighted by Gasteiger charge is 2.33. The van der Waals surface area contributed by atoms with E-state index >= 15 is 0 Å². The number of rotatable bonds is 2. The first-order valence-electron chi connectivity index (χ1n) is 7.86. The van der Waals surface area contributed by atoms with Gasteiger partial charge in [-0.2, -0.15) is 0 Å². The molecule has 116 valence electrons. The Hall–Kier alpha value is -0.840. The van der Waals surface area contributed by atoms with E-state index in [1.807, 2.05) is 11.8 Å². The van der Waals surface area contributed by atoms with Crippen molar-refractivity contribution >= 4 is 6.09 Å². The van der Waals surface area contributed by atoms with Crippen molar-refractivity contribution in [3.63, 3.8) is 0 Å². The van der Waals surface area contributed by atoms with Gasteiger partial charge in [0.2, 0.25) is 0 Å². The van der Waals surface area contributed by atoms with E-state index in [0.29, 0.717) is 25.5 Å². The number of carbonyl (C=O) groups is 1. The van der Waals surface area contributed by atoms with Gasteiger partial charge in [0.1, 0.15) is 5.67 Å². The van der Waals surface area contributed by atoms with Crippen molar-refractivity contribution in [3.8, 4) is 0 Å². The summed E-state index contributed by atoms with van der Waals surface area (Å²) in [5, 5.41) is 0. The first-order chi connectivity index (χ1) is 9.52. The molecule has 20 heavy (non-hydrogen) atoms. The average Bonchev–Trinajstić information content (AvgIpc) is 2.65. The van der Waals surface area contributed by atoms with Crippen LogP contribution in [0.1, 0.15) is 46.0 Å². The van der Waals surface area contributed by atoms with Crippen molar-refractivity contribution in [2.75, 3.05) is 32.8 Å². The van der Waals surface area contributed by atoms with E-state index in [0.717, 1.165) is 45.4 Å². The number of hydrogen-bond acceptors (Lipinski definition) is 3. The molecule has 1 amide bonds.